The van der Waals surface area contributed by atoms with Gasteiger partial charge in [-0.15, -0.1) is 0 Å². The molecule has 1 N–H and O–H groups in total. The molecule has 0 radical (unpaired) electrons. The van der Waals surface area contributed by atoms with Crippen LogP contribution in [0.3, 0.4) is 0 Å². The molecule has 0 amide bonds. The SMILES string of the molecule is CCc1cc(C)c(C(C#N)=C(c2ccc(C(C=O)NC(C)C(F)(F)F)cn2)C(CC)c2cnccn2)cc1C. The van der Waals surface area contributed by atoms with Crippen LogP contribution in [0.5, 0.6) is 0 Å². The molecule has 0 saturated heterocycles. The third kappa shape index (κ3) is 6.76. The number of aldehydes is 1. The van der Waals surface area contributed by atoms with E-state index in [-0.39, 0.29) is 11.5 Å². The fraction of sp³-hybridized carbons (Fsp3) is 0.367. The number of rotatable bonds is 10. The number of hydrogen-bond donors (Lipinski definition) is 1. The number of allylic oxidation sites excluding steroid dienone is 2. The van der Waals surface area contributed by atoms with Crippen LogP contribution in [-0.4, -0.2) is 33.5 Å². The first-order valence-electron chi connectivity index (χ1n) is 12.8. The molecular formula is C30H32F3N5O. The van der Waals surface area contributed by atoms with Gasteiger partial charge in [0.1, 0.15) is 18.4 Å². The van der Waals surface area contributed by atoms with Crippen LogP contribution in [0.25, 0.3) is 11.1 Å². The minimum absolute atomic E-state index is 0.287. The number of nitrogens with one attached hydrogen (secondary N) is 1. The monoisotopic (exact) mass is 535 g/mol. The molecule has 2 aromatic heterocycles. The lowest BCUT2D eigenvalue weighted by Gasteiger charge is -2.23. The van der Waals surface area contributed by atoms with Crippen molar-refractivity contribution in [1.29, 1.82) is 5.26 Å². The van der Waals surface area contributed by atoms with E-state index in [9.17, 15) is 23.2 Å². The number of halogens is 3. The lowest BCUT2D eigenvalue weighted by molar-refractivity contribution is -0.153. The maximum Gasteiger partial charge on any atom is 0.403 e. The van der Waals surface area contributed by atoms with Crippen molar-refractivity contribution >= 4 is 17.4 Å². The summed E-state index contributed by atoms with van der Waals surface area (Å²) in [5.41, 5.74) is 6.49. The van der Waals surface area contributed by atoms with E-state index in [1.54, 1.807) is 30.7 Å². The van der Waals surface area contributed by atoms with Crippen molar-refractivity contribution in [1.82, 2.24) is 20.3 Å². The third-order valence-corrected chi connectivity index (χ3v) is 6.89. The number of pyridine rings is 1. The smallest absolute Gasteiger partial charge is 0.301 e. The minimum Gasteiger partial charge on any atom is -0.301 e. The molecule has 0 aliphatic carbocycles. The number of carbonyl (C=O) groups excluding carboxylic acids is 1. The zero-order valence-electron chi connectivity index (χ0n) is 22.7. The number of hydrogen-bond acceptors (Lipinski definition) is 6. The van der Waals surface area contributed by atoms with Crippen LogP contribution in [-0.2, 0) is 11.2 Å². The summed E-state index contributed by atoms with van der Waals surface area (Å²) in [6.45, 7) is 8.99. The van der Waals surface area contributed by atoms with Gasteiger partial charge >= 0.3 is 6.18 Å². The van der Waals surface area contributed by atoms with Gasteiger partial charge < -0.3 is 4.79 Å². The van der Waals surface area contributed by atoms with Crippen molar-refractivity contribution in [2.45, 2.75) is 71.6 Å². The molecule has 0 aliphatic heterocycles. The normalized spacial score (nSPS) is 14.6. The van der Waals surface area contributed by atoms with Gasteiger partial charge in [0.2, 0.25) is 0 Å². The Hall–Kier alpha value is -3.90. The topological polar surface area (TPSA) is 91.6 Å². The van der Waals surface area contributed by atoms with E-state index in [1.165, 1.54) is 11.8 Å². The summed E-state index contributed by atoms with van der Waals surface area (Å²) in [4.78, 5) is 24.9. The highest BCUT2D eigenvalue weighted by Gasteiger charge is 2.37. The van der Waals surface area contributed by atoms with Crippen LogP contribution in [0.4, 0.5) is 13.2 Å². The Bertz CT molecular complexity index is 1360. The molecule has 0 spiro atoms. The molecule has 0 saturated carbocycles. The van der Waals surface area contributed by atoms with Crippen LogP contribution < -0.4 is 5.32 Å². The third-order valence-electron chi connectivity index (χ3n) is 6.89. The second-order valence-corrected chi connectivity index (χ2v) is 9.46. The second-order valence-electron chi connectivity index (χ2n) is 9.46. The zero-order chi connectivity index (χ0) is 28.7. The van der Waals surface area contributed by atoms with Crippen LogP contribution in [0.15, 0.2) is 49.1 Å². The van der Waals surface area contributed by atoms with Crippen molar-refractivity contribution in [2.24, 2.45) is 0 Å². The quantitative estimate of drug-likeness (QED) is 0.237. The molecule has 0 fully saturated rings. The first kappa shape index (κ1) is 29.7. The maximum atomic E-state index is 13.1. The fourth-order valence-corrected chi connectivity index (χ4v) is 4.65. The Morgan fingerprint density at radius 2 is 1.85 bits per heavy atom. The van der Waals surface area contributed by atoms with E-state index in [0.717, 1.165) is 30.0 Å². The lowest BCUT2D eigenvalue weighted by Crippen LogP contribution is -2.42. The van der Waals surface area contributed by atoms with Gasteiger partial charge in [-0.25, -0.2) is 0 Å². The zero-order valence-corrected chi connectivity index (χ0v) is 22.7. The first-order chi connectivity index (χ1) is 18.5. The van der Waals surface area contributed by atoms with Gasteiger partial charge in [0.05, 0.1) is 23.0 Å². The summed E-state index contributed by atoms with van der Waals surface area (Å²) < 4.78 is 39.2. The Labute approximate surface area is 227 Å². The van der Waals surface area contributed by atoms with E-state index < -0.39 is 18.3 Å². The molecule has 9 heteroatoms. The number of nitriles is 1. The highest BCUT2D eigenvalue weighted by atomic mass is 19.4. The average molecular weight is 536 g/mol. The number of carbonyl (C=O) groups is 1. The molecule has 6 nitrogen and oxygen atoms in total. The summed E-state index contributed by atoms with van der Waals surface area (Å²) in [7, 11) is 0. The van der Waals surface area contributed by atoms with E-state index in [0.29, 0.717) is 35.2 Å². The molecule has 39 heavy (non-hydrogen) atoms. The largest absolute Gasteiger partial charge is 0.403 e. The predicted molar refractivity (Wildman–Crippen MR) is 144 cm³/mol. The minimum atomic E-state index is -4.50. The van der Waals surface area contributed by atoms with Crippen LogP contribution in [0.2, 0.25) is 0 Å². The summed E-state index contributed by atoms with van der Waals surface area (Å²) in [5, 5.41) is 12.8. The highest BCUT2D eigenvalue weighted by Crippen LogP contribution is 2.40. The molecule has 3 aromatic rings. The highest BCUT2D eigenvalue weighted by molar-refractivity contribution is 5.99. The molecule has 204 valence electrons. The van der Waals surface area contributed by atoms with Gasteiger partial charge in [-0.3, -0.25) is 20.3 Å². The van der Waals surface area contributed by atoms with Gasteiger partial charge in [0.15, 0.2) is 0 Å². The van der Waals surface area contributed by atoms with Crippen molar-refractivity contribution in [3.8, 4) is 6.07 Å². The van der Waals surface area contributed by atoms with Crippen LogP contribution in [0, 0.1) is 25.2 Å². The fourth-order valence-electron chi connectivity index (χ4n) is 4.65. The summed E-state index contributed by atoms with van der Waals surface area (Å²) in [6.07, 6.45) is 3.57. The molecule has 3 atom stereocenters. The maximum absolute atomic E-state index is 13.1. The van der Waals surface area contributed by atoms with Gasteiger partial charge in [-0.1, -0.05) is 32.0 Å². The molecule has 3 unspecified atom stereocenters. The van der Waals surface area contributed by atoms with Crippen molar-refractivity contribution in [3.63, 3.8) is 0 Å². The van der Waals surface area contributed by atoms with Gasteiger partial charge in [0.25, 0.3) is 0 Å². The Balaban J connectivity index is 2.21. The Morgan fingerprint density at radius 3 is 2.36 bits per heavy atom. The number of aryl methyl sites for hydroxylation is 3. The van der Waals surface area contributed by atoms with Gasteiger partial charge in [0, 0.05) is 36.3 Å². The summed E-state index contributed by atoms with van der Waals surface area (Å²) >= 11 is 0. The average Bonchev–Trinajstić information content (AvgIpc) is 2.93. The standard InChI is InChI=1S/C30H32F3N5O/c1-6-21-12-19(4)24(13-18(21)3)25(14-34)29(23(7-2)27-16-35-10-11-36-27)26-9-8-22(15-37-26)28(17-39)38-20(5)30(31,32)33/h8-13,15-17,20,23,28,38H,6-7H2,1-5H3. The molecule has 0 bridgehead atoms. The van der Waals surface area contributed by atoms with E-state index in [2.05, 4.69) is 39.3 Å². The molecule has 2 heterocycles. The lowest BCUT2D eigenvalue weighted by atomic mass is 9.83. The van der Waals surface area contributed by atoms with Crippen LogP contribution in [0.1, 0.15) is 78.4 Å². The Morgan fingerprint density at radius 1 is 1.10 bits per heavy atom. The molecular weight excluding hydrogens is 503 g/mol. The van der Waals surface area contributed by atoms with Crippen molar-refractivity contribution in [2.75, 3.05) is 0 Å². The molecule has 1 aromatic carbocycles. The first-order valence-corrected chi connectivity index (χ1v) is 12.8. The number of benzene rings is 1. The number of aromatic nitrogens is 3. The summed E-state index contributed by atoms with van der Waals surface area (Å²) in [6, 6.07) is 6.62. The van der Waals surface area contributed by atoms with Crippen molar-refractivity contribution < 1.29 is 18.0 Å². The molecule has 0 aliphatic rings. The second kappa shape index (κ2) is 12.8. The Kier molecular flexibility index (Phi) is 9.71. The van der Waals surface area contributed by atoms with Crippen LogP contribution >= 0.6 is 0 Å². The number of nitrogens with zero attached hydrogens (tertiary/aromatic N) is 4. The van der Waals surface area contributed by atoms with Gasteiger partial charge in [-0.2, -0.15) is 18.4 Å². The number of alkyl halides is 3. The predicted octanol–water partition coefficient (Wildman–Crippen LogP) is 6.46. The van der Waals surface area contributed by atoms with E-state index >= 15 is 0 Å². The van der Waals surface area contributed by atoms with E-state index in [4.69, 9.17) is 0 Å². The van der Waals surface area contributed by atoms with E-state index in [1.807, 2.05) is 26.8 Å². The van der Waals surface area contributed by atoms with Crippen molar-refractivity contribution in [3.05, 3.63) is 88.3 Å². The summed E-state index contributed by atoms with van der Waals surface area (Å²) in [5.74, 6) is -0.331. The van der Waals surface area contributed by atoms with Gasteiger partial charge in [-0.05, 0) is 67.5 Å². The molecule has 3 rings (SSSR count).